The van der Waals surface area contributed by atoms with Gasteiger partial charge in [0, 0.05) is 24.5 Å². The summed E-state index contributed by atoms with van der Waals surface area (Å²) in [7, 11) is 0. The van der Waals surface area contributed by atoms with Gasteiger partial charge in [0.05, 0.1) is 11.4 Å². The molecular formula is C14H21N3OS. The lowest BCUT2D eigenvalue weighted by molar-refractivity contribution is -0.128. The van der Waals surface area contributed by atoms with Gasteiger partial charge in [0.2, 0.25) is 5.91 Å². The minimum atomic E-state index is 0.226. The third-order valence-electron chi connectivity index (χ3n) is 3.52. The van der Waals surface area contributed by atoms with Crippen LogP contribution in [0.1, 0.15) is 19.0 Å². The van der Waals surface area contributed by atoms with Gasteiger partial charge >= 0.3 is 0 Å². The standard InChI is InChI=1S/C14H21N3OS/c1-11-6-12(7-15)8-17(11)14(18)10-19-9-13-4-2-3-5-16-13/h2-5,11-12H,6-10,15H2,1H3. The van der Waals surface area contributed by atoms with Crippen molar-refractivity contribution in [3.63, 3.8) is 0 Å². The fourth-order valence-electron chi connectivity index (χ4n) is 2.47. The minimum Gasteiger partial charge on any atom is -0.339 e. The van der Waals surface area contributed by atoms with Crippen LogP contribution in [0.25, 0.3) is 0 Å². The first-order chi connectivity index (χ1) is 9.20. The lowest BCUT2D eigenvalue weighted by Gasteiger charge is -2.21. The number of carbonyl (C=O) groups excluding carboxylic acids is 1. The second kappa shape index (κ2) is 6.91. The number of hydrogen-bond donors (Lipinski definition) is 1. The largest absolute Gasteiger partial charge is 0.339 e. The Balaban J connectivity index is 1.76. The van der Waals surface area contributed by atoms with Crippen LogP contribution in [0, 0.1) is 5.92 Å². The average Bonchev–Trinajstić information content (AvgIpc) is 2.81. The maximum Gasteiger partial charge on any atom is 0.232 e. The van der Waals surface area contributed by atoms with Crippen molar-refractivity contribution in [2.45, 2.75) is 25.1 Å². The van der Waals surface area contributed by atoms with Crippen LogP contribution in [0.2, 0.25) is 0 Å². The zero-order valence-electron chi connectivity index (χ0n) is 11.3. The van der Waals surface area contributed by atoms with Crippen LogP contribution in [0.5, 0.6) is 0 Å². The molecule has 1 amide bonds. The van der Waals surface area contributed by atoms with Crippen molar-refractivity contribution < 1.29 is 4.79 Å². The highest BCUT2D eigenvalue weighted by Gasteiger charge is 2.31. The highest BCUT2D eigenvalue weighted by molar-refractivity contribution is 7.99. The number of thioether (sulfide) groups is 1. The van der Waals surface area contributed by atoms with Crippen molar-refractivity contribution in [2.75, 3.05) is 18.8 Å². The zero-order chi connectivity index (χ0) is 13.7. The van der Waals surface area contributed by atoms with E-state index < -0.39 is 0 Å². The molecule has 1 saturated heterocycles. The molecule has 104 valence electrons. The van der Waals surface area contributed by atoms with E-state index in [-0.39, 0.29) is 5.91 Å². The summed E-state index contributed by atoms with van der Waals surface area (Å²) in [5.41, 5.74) is 6.71. The molecule has 4 nitrogen and oxygen atoms in total. The predicted octanol–water partition coefficient (Wildman–Crippen LogP) is 1.51. The first-order valence-electron chi connectivity index (χ1n) is 6.68. The van der Waals surface area contributed by atoms with Gasteiger partial charge in [-0.25, -0.2) is 0 Å². The molecule has 1 aromatic heterocycles. The molecule has 1 aliphatic heterocycles. The maximum absolute atomic E-state index is 12.2. The molecule has 0 bridgehead atoms. The quantitative estimate of drug-likeness (QED) is 0.887. The van der Waals surface area contributed by atoms with E-state index in [0.717, 1.165) is 24.4 Å². The third kappa shape index (κ3) is 3.94. The molecule has 0 spiro atoms. The Hall–Kier alpha value is -1.07. The van der Waals surface area contributed by atoms with Gasteiger partial charge in [0.25, 0.3) is 0 Å². The van der Waals surface area contributed by atoms with Gasteiger partial charge in [0.1, 0.15) is 0 Å². The van der Waals surface area contributed by atoms with Crippen LogP contribution >= 0.6 is 11.8 Å². The van der Waals surface area contributed by atoms with Crippen LogP contribution in [-0.4, -0.2) is 40.7 Å². The minimum absolute atomic E-state index is 0.226. The van der Waals surface area contributed by atoms with E-state index in [2.05, 4.69) is 11.9 Å². The van der Waals surface area contributed by atoms with Crippen LogP contribution < -0.4 is 5.73 Å². The molecule has 2 rings (SSSR count). The van der Waals surface area contributed by atoms with Gasteiger partial charge in [-0.2, -0.15) is 0 Å². The number of rotatable bonds is 5. The van der Waals surface area contributed by atoms with E-state index in [1.807, 2.05) is 23.1 Å². The van der Waals surface area contributed by atoms with Crippen LogP contribution in [0.3, 0.4) is 0 Å². The number of amides is 1. The molecule has 1 aromatic rings. The number of likely N-dealkylation sites (tertiary alicyclic amines) is 1. The second-order valence-electron chi connectivity index (χ2n) is 5.05. The molecule has 5 heteroatoms. The summed E-state index contributed by atoms with van der Waals surface area (Å²) < 4.78 is 0. The number of carbonyl (C=O) groups is 1. The fraction of sp³-hybridized carbons (Fsp3) is 0.571. The number of nitrogens with zero attached hydrogens (tertiary/aromatic N) is 2. The highest BCUT2D eigenvalue weighted by atomic mass is 32.2. The van der Waals surface area contributed by atoms with Crippen molar-refractivity contribution in [3.05, 3.63) is 30.1 Å². The smallest absolute Gasteiger partial charge is 0.232 e. The summed E-state index contributed by atoms with van der Waals surface area (Å²) in [4.78, 5) is 18.4. The van der Waals surface area contributed by atoms with E-state index in [0.29, 0.717) is 24.3 Å². The van der Waals surface area contributed by atoms with Gasteiger partial charge in [-0.15, -0.1) is 11.8 Å². The van der Waals surface area contributed by atoms with E-state index in [1.165, 1.54) is 0 Å². The first kappa shape index (κ1) is 14.3. The Morgan fingerprint density at radius 3 is 3.05 bits per heavy atom. The van der Waals surface area contributed by atoms with E-state index in [4.69, 9.17) is 5.73 Å². The van der Waals surface area contributed by atoms with E-state index in [9.17, 15) is 4.79 Å². The summed E-state index contributed by atoms with van der Waals surface area (Å²) in [5, 5.41) is 0. The Morgan fingerprint density at radius 2 is 2.42 bits per heavy atom. The predicted molar refractivity (Wildman–Crippen MR) is 78.7 cm³/mol. The summed E-state index contributed by atoms with van der Waals surface area (Å²) >= 11 is 1.63. The molecular weight excluding hydrogens is 258 g/mol. The Morgan fingerprint density at radius 1 is 1.58 bits per heavy atom. The molecule has 0 saturated carbocycles. The number of hydrogen-bond acceptors (Lipinski definition) is 4. The lowest BCUT2D eigenvalue weighted by atomic mass is 10.1. The lowest BCUT2D eigenvalue weighted by Crippen LogP contribution is -2.35. The molecule has 1 fully saturated rings. The number of nitrogens with two attached hydrogens (primary N) is 1. The van der Waals surface area contributed by atoms with Gasteiger partial charge in [-0.05, 0) is 37.9 Å². The first-order valence-corrected chi connectivity index (χ1v) is 7.83. The third-order valence-corrected chi connectivity index (χ3v) is 4.47. The average molecular weight is 279 g/mol. The molecule has 2 N–H and O–H groups in total. The van der Waals surface area contributed by atoms with E-state index >= 15 is 0 Å². The molecule has 1 aliphatic rings. The van der Waals surface area contributed by atoms with Crippen molar-refractivity contribution in [2.24, 2.45) is 11.7 Å². The topological polar surface area (TPSA) is 59.2 Å². The van der Waals surface area contributed by atoms with Crippen molar-refractivity contribution >= 4 is 17.7 Å². The molecule has 19 heavy (non-hydrogen) atoms. The summed E-state index contributed by atoms with van der Waals surface area (Å²) in [6.45, 7) is 3.60. The van der Waals surface area contributed by atoms with Crippen molar-refractivity contribution in [1.82, 2.24) is 9.88 Å². The SMILES string of the molecule is CC1CC(CN)CN1C(=O)CSCc1ccccn1. The molecule has 0 radical (unpaired) electrons. The van der Waals surface area contributed by atoms with Crippen LogP contribution in [-0.2, 0) is 10.5 Å². The van der Waals surface area contributed by atoms with Crippen molar-refractivity contribution in [3.8, 4) is 0 Å². The van der Waals surface area contributed by atoms with Crippen molar-refractivity contribution in [1.29, 1.82) is 0 Å². The Labute approximate surface area is 118 Å². The number of pyridine rings is 1. The molecule has 0 aromatic carbocycles. The maximum atomic E-state index is 12.2. The van der Waals surface area contributed by atoms with Gasteiger partial charge in [-0.1, -0.05) is 6.07 Å². The fourth-order valence-corrected chi connectivity index (χ4v) is 3.29. The van der Waals surface area contributed by atoms with Crippen LogP contribution in [0.15, 0.2) is 24.4 Å². The second-order valence-corrected chi connectivity index (χ2v) is 6.03. The highest BCUT2D eigenvalue weighted by Crippen LogP contribution is 2.23. The van der Waals surface area contributed by atoms with Gasteiger partial charge in [-0.3, -0.25) is 9.78 Å². The monoisotopic (exact) mass is 279 g/mol. The molecule has 2 atom stereocenters. The molecule has 0 aliphatic carbocycles. The van der Waals surface area contributed by atoms with Gasteiger partial charge < -0.3 is 10.6 Å². The Kier molecular flexibility index (Phi) is 5.22. The van der Waals surface area contributed by atoms with E-state index in [1.54, 1.807) is 18.0 Å². The summed E-state index contributed by atoms with van der Waals surface area (Å²) in [6.07, 6.45) is 2.82. The van der Waals surface area contributed by atoms with Crippen LogP contribution in [0.4, 0.5) is 0 Å². The Bertz CT molecular complexity index is 412. The molecule has 2 heterocycles. The van der Waals surface area contributed by atoms with Gasteiger partial charge in [0.15, 0.2) is 0 Å². The zero-order valence-corrected chi connectivity index (χ0v) is 12.1. The number of aromatic nitrogens is 1. The summed E-state index contributed by atoms with van der Waals surface area (Å²) in [5.74, 6) is 2.01. The normalized spacial score (nSPS) is 22.7. The molecule has 2 unspecified atom stereocenters. The summed E-state index contributed by atoms with van der Waals surface area (Å²) in [6, 6.07) is 6.19.